The van der Waals surface area contributed by atoms with Gasteiger partial charge in [0.15, 0.2) is 23.1 Å². The topological polar surface area (TPSA) is 87.1 Å². The standard InChI is InChI=1S/C32H27NO5/c1-38-26-17-20(12-15-25(26)35)28-24-9-4-16-33(24)32(29(28)30(36)19-10-13-21(34)14-11-19)23-8-3-6-18-5-2-7-22(27(18)23)31(32)37/h2-3,5-8,10-15,17,24,28-29,34-35H,4,9,16H2,1H3. The molecule has 2 saturated heterocycles. The molecule has 2 aliphatic heterocycles. The Kier molecular flexibility index (Phi) is 4.94. The molecule has 4 atom stereocenters. The van der Waals surface area contributed by atoms with Crippen LogP contribution in [-0.4, -0.2) is 46.4 Å². The fourth-order valence-electron chi connectivity index (χ4n) is 7.51. The number of rotatable bonds is 4. The highest BCUT2D eigenvalue weighted by molar-refractivity contribution is 6.22. The van der Waals surface area contributed by atoms with Crippen LogP contribution in [0.5, 0.6) is 17.2 Å². The first-order valence-electron chi connectivity index (χ1n) is 13.0. The van der Waals surface area contributed by atoms with Crippen molar-refractivity contribution in [1.82, 2.24) is 4.90 Å². The largest absolute Gasteiger partial charge is 0.508 e. The van der Waals surface area contributed by atoms with Crippen molar-refractivity contribution < 1.29 is 24.5 Å². The molecule has 4 aromatic rings. The van der Waals surface area contributed by atoms with Crippen molar-refractivity contribution in [2.24, 2.45) is 5.92 Å². The normalized spacial score (nSPS) is 25.8. The maximum Gasteiger partial charge on any atom is 0.189 e. The van der Waals surface area contributed by atoms with Gasteiger partial charge in [0, 0.05) is 23.1 Å². The predicted molar refractivity (Wildman–Crippen MR) is 143 cm³/mol. The highest BCUT2D eigenvalue weighted by Crippen LogP contribution is 2.62. The van der Waals surface area contributed by atoms with Crippen LogP contribution in [0.4, 0.5) is 0 Å². The van der Waals surface area contributed by atoms with Gasteiger partial charge in [-0.2, -0.15) is 0 Å². The molecule has 0 aromatic heterocycles. The van der Waals surface area contributed by atoms with Gasteiger partial charge in [-0.15, -0.1) is 0 Å². The summed E-state index contributed by atoms with van der Waals surface area (Å²) in [6.07, 6.45) is 1.78. The third-order valence-electron chi connectivity index (χ3n) is 8.91. The minimum absolute atomic E-state index is 0.0263. The van der Waals surface area contributed by atoms with Crippen molar-refractivity contribution in [3.8, 4) is 17.2 Å². The molecule has 6 nitrogen and oxygen atoms in total. The molecule has 190 valence electrons. The van der Waals surface area contributed by atoms with Gasteiger partial charge in [0.25, 0.3) is 0 Å². The lowest BCUT2D eigenvalue weighted by molar-refractivity contribution is 0.0519. The molecule has 0 saturated carbocycles. The molecular weight excluding hydrogens is 478 g/mol. The van der Waals surface area contributed by atoms with Gasteiger partial charge in [-0.3, -0.25) is 14.5 Å². The van der Waals surface area contributed by atoms with Crippen molar-refractivity contribution in [3.63, 3.8) is 0 Å². The Hall–Kier alpha value is -4.16. The maximum absolute atomic E-state index is 14.7. The van der Waals surface area contributed by atoms with Crippen LogP contribution in [0.15, 0.2) is 78.9 Å². The van der Waals surface area contributed by atoms with Crippen LogP contribution in [0.2, 0.25) is 0 Å². The molecular formula is C32H27NO5. The number of hydrogen-bond donors (Lipinski definition) is 2. The Bertz CT molecular complexity index is 1620. The van der Waals surface area contributed by atoms with Crippen LogP contribution in [0.25, 0.3) is 10.8 Å². The van der Waals surface area contributed by atoms with E-state index in [-0.39, 0.29) is 35.0 Å². The van der Waals surface area contributed by atoms with Gasteiger partial charge in [0.2, 0.25) is 0 Å². The lowest BCUT2D eigenvalue weighted by Gasteiger charge is -2.38. The monoisotopic (exact) mass is 505 g/mol. The van der Waals surface area contributed by atoms with Crippen LogP contribution < -0.4 is 4.74 Å². The fourth-order valence-corrected chi connectivity index (χ4v) is 7.51. The van der Waals surface area contributed by atoms with E-state index >= 15 is 0 Å². The van der Waals surface area contributed by atoms with Crippen molar-refractivity contribution in [2.45, 2.75) is 30.3 Å². The van der Waals surface area contributed by atoms with Crippen molar-refractivity contribution in [2.75, 3.05) is 13.7 Å². The van der Waals surface area contributed by atoms with Gasteiger partial charge in [0.1, 0.15) is 11.3 Å². The second-order valence-electron chi connectivity index (χ2n) is 10.6. The lowest BCUT2D eigenvalue weighted by atomic mass is 9.68. The van der Waals surface area contributed by atoms with Crippen LogP contribution in [0.3, 0.4) is 0 Å². The quantitative estimate of drug-likeness (QED) is 0.361. The van der Waals surface area contributed by atoms with E-state index in [2.05, 4.69) is 4.90 Å². The zero-order valence-electron chi connectivity index (χ0n) is 20.9. The second kappa shape index (κ2) is 8.17. The summed E-state index contributed by atoms with van der Waals surface area (Å²) in [5, 5.41) is 22.2. The van der Waals surface area contributed by atoms with E-state index in [0.717, 1.165) is 34.7 Å². The molecule has 2 fully saturated rings. The van der Waals surface area contributed by atoms with Crippen molar-refractivity contribution >= 4 is 22.3 Å². The number of Topliss-reactive ketones (excluding diaryl/α,β-unsaturated/α-hetero) is 2. The number of phenolic OH excluding ortho intramolecular Hbond substituents is 2. The minimum atomic E-state index is -1.14. The molecule has 1 spiro atoms. The summed E-state index contributed by atoms with van der Waals surface area (Å²) in [6, 6.07) is 23.3. The molecule has 0 radical (unpaired) electrons. The molecule has 0 amide bonds. The fraction of sp³-hybridized carbons (Fsp3) is 0.250. The Morgan fingerprint density at radius 1 is 1.00 bits per heavy atom. The van der Waals surface area contributed by atoms with E-state index in [1.165, 1.54) is 19.2 Å². The van der Waals surface area contributed by atoms with E-state index in [1.807, 2.05) is 42.5 Å². The molecule has 2 heterocycles. The molecule has 7 rings (SSSR count). The molecule has 4 unspecified atom stereocenters. The SMILES string of the molecule is COc1cc(C2C3CCCN3C3(C(=O)c4cccc5cccc3c45)C2C(=O)c2ccc(O)cc2)ccc1O. The summed E-state index contributed by atoms with van der Waals surface area (Å²) in [7, 11) is 1.51. The van der Waals surface area contributed by atoms with Gasteiger partial charge in [-0.25, -0.2) is 0 Å². The number of carbonyl (C=O) groups excluding carboxylic acids is 2. The first-order valence-corrected chi connectivity index (χ1v) is 13.0. The van der Waals surface area contributed by atoms with Crippen LogP contribution >= 0.6 is 0 Å². The summed E-state index contributed by atoms with van der Waals surface area (Å²) in [4.78, 5) is 31.6. The minimum Gasteiger partial charge on any atom is -0.508 e. The van der Waals surface area contributed by atoms with Gasteiger partial charge in [-0.05, 0) is 77.7 Å². The molecule has 1 aliphatic carbocycles. The number of methoxy groups -OCH3 is 1. The number of phenols is 2. The number of ether oxygens (including phenoxy) is 1. The summed E-state index contributed by atoms with van der Waals surface area (Å²) < 4.78 is 5.44. The first kappa shape index (κ1) is 23.0. The van der Waals surface area contributed by atoms with E-state index in [0.29, 0.717) is 23.4 Å². The number of aromatic hydroxyl groups is 2. The van der Waals surface area contributed by atoms with E-state index in [1.54, 1.807) is 24.3 Å². The van der Waals surface area contributed by atoms with Crippen LogP contribution in [0, 0.1) is 5.92 Å². The number of hydrogen-bond acceptors (Lipinski definition) is 6. The maximum atomic E-state index is 14.7. The van der Waals surface area contributed by atoms with Gasteiger partial charge < -0.3 is 14.9 Å². The highest BCUT2D eigenvalue weighted by atomic mass is 16.5. The van der Waals surface area contributed by atoms with E-state index in [9.17, 15) is 19.8 Å². The highest BCUT2D eigenvalue weighted by Gasteiger charge is 2.69. The summed E-state index contributed by atoms with van der Waals surface area (Å²) >= 11 is 0. The Morgan fingerprint density at radius 2 is 1.76 bits per heavy atom. The zero-order valence-corrected chi connectivity index (χ0v) is 20.9. The Morgan fingerprint density at radius 3 is 2.53 bits per heavy atom. The van der Waals surface area contributed by atoms with Crippen molar-refractivity contribution in [3.05, 3.63) is 101 Å². The number of ketones is 2. The van der Waals surface area contributed by atoms with Crippen molar-refractivity contribution in [1.29, 1.82) is 0 Å². The number of nitrogens with zero attached hydrogens (tertiary/aromatic N) is 1. The predicted octanol–water partition coefficient (Wildman–Crippen LogP) is 5.41. The zero-order chi connectivity index (χ0) is 26.2. The summed E-state index contributed by atoms with van der Waals surface area (Å²) in [5.74, 6) is -0.720. The molecule has 3 aliphatic rings. The van der Waals surface area contributed by atoms with Crippen LogP contribution in [-0.2, 0) is 5.54 Å². The number of benzene rings is 4. The lowest BCUT2D eigenvalue weighted by Crippen LogP contribution is -2.51. The molecule has 6 heteroatoms. The van der Waals surface area contributed by atoms with Gasteiger partial charge in [-0.1, -0.05) is 42.5 Å². The van der Waals surface area contributed by atoms with Gasteiger partial charge >= 0.3 is 0 Å². The first-order chi connectivity index (χ1) is 18.5. The molecule has 0 bridgehead atoms. The average molecular weight is 506 g/mol. The van der Waals surface area contributed by atoms with Gasteiger partial charge in [0.05, 0.1) is 13.0 Å². The number of fused-ring (bicyclic) bond motifs is 3. The number of carbonyl (C=O) groups is 2. The molecule has 38 heavy (non-hydrogen) atoms. The summed E-state index contributed by atoms with van der Waals surface area (Å²) in [6.45, 7) is 0.714. The second-order valence-corrected chi connectivity index (χ2v) is 10.6. The van der Waals surface area contributed by atoms with Crippen LogP contribution in [0.1, 0.15) is 50.6 Å². The smallest absolute Gasteiger partial charge is 0.189 e. The Balaban J connectivity index is 1.53. The summed E-state index contributed by atoms with van der Waals surface area (Å²) in [5.41, 5.74) is 1.74. The average Bonchev–Trinajstić information content (AvgIpc) is 3.59. The van der Waals surface area contributed by atoms with E-state index in [4.69, 9.17) is 4.74 Å². The van der Waals surface area contributed by atoms with E-state index < -0.39 is 11.5 Å². The molecule has 2 N–H and O–H groups in total. The third-order valence-corrected chi connectivity index (χ3v) is 8.91. The third kappa shape index (κ3) is 2.86. The molecule has 4 aromatic carbocycles. The Labute approximate surface area is 220 Å².